The fourth-order valence-corrected chi connectivity index (χ4v) is 2.63. The topological polar surface area (TPSA) is 67.4 Å². The Bertz CT molecular complexity index is 614. The lowest BCUT2D eigenvalue weighted by molar-refractivity contribution is -0.122. The zero-order valence-corrected chi connectivity index (χ0v) is 13.8. The molecule has 1 heterocycles. The largest absolute Gasteiger partial charge is 0.445 e. The number of amides is 2. The van der Waals surface area contributed by atoms with Crippen molar-refractivity contribution in [2.24, 2.45) is 0 Å². The van der Waals surface area contributed by atoms with Crippen molar-refractivity contribution >= 4 is 23.3 Å². The van der Waals surface area contributed by atoms with E-state index in [1.165, 1.54) is 4.88 Å². The Morgan fingerprint density at radius 3 is 2.65 bits per heavy atom. The van der Waals surface area contributed by atoms with E-state index < -0.39 is 12.1 Å². The number of rotatable bonds is 7. The summed E-state index contributed by atoms with van der Waals surface area (Å²) in [7, 11) is 0. The van der Waals surface area contributed by atoms with Crippen molar-refractivity contribution in [3.8, 4) is 0 Å². The Morgan fingerprint density at radius 1 is 1.17 bits per heavy atom. The lowest BCUT2D eigenvalue weighted by Gasteiger charge is -2.14. The van der Waals surface area contributed by atoms with Gasteiger partial charge in [-0.1, -0.05) is 36.4 Å². The van der Waals surface area contributed by atoms with Crippen LogP contribution in [0.3, 0.4) is 0 Å². The van der Waals surface area contributed by atoms with Crippen molar-refractivity contribution in [1.29, 1.82) is 0 Å². The summed E-state index contributed by atoms with van der Waals surface area (Å²) < 4.78 is 5.08. The smallest absolute Gasteiger partial charge is 0.408 e. The Balaban J connectivity index is 1.65. The number of hydrogen-bond donors (Lipinski definition) is 2. The van der Waals surface area contributed by atoms with Crippen molar-refractivity contribution in [2.45, 2.75) is 26.0 Å². The molecule has 2 aromatic rings. The summed E-state index contributed by atoms with van der Waals surface area (Å²) in [5.74, 6) is -0.224. The average molecular weight is 332 g/mol. The lowest BCUT2D eigenvalue weighted by Crippen LogP contribution is -2.45. The number of nitrogens with one attached hydrogen (secondary N) is 2. The Labute approximate surface area is 139 Å². The van der Waals surface area contributed by atoms with E-state index in [-0.39, 0.29) is 12.5 Å². The molecule has 2 amide bonds. The van der Waals surface area contributed by atoms with Crippen LogP contribution in [-0.4, -0.2) is 24.6 Å². The van der Waals surface area contributed by atoms with Gasteiger partial charge in [0.2, 0.25) is 5.91 Å². The van der Waals surface area contributed by atoms with Crippen LogP contribution < -0.4 is 10.6 Å². The maximum atomic E-state index is 11.9. The number of hydrogen-bond acceptors (Lipinski definition) is 4. The molecule has 0 unspecified atom stereocenters. The lowest BCUT2D eigenvalue weighted by atomic mass is 10.2. The van der Waals surface area contributed by atoms with Crippen molar-refractivity contribution in [1.82, 2.24) is 10.6 Å². The van der Waals surface area contributed by atoms with Crippen molar-refractivity contribution in [3.05, 3.63) is 58.3 Å². The molecule has 0 aliphatic carbocycles. The molecule has 2 rings (SSSR count). The van der Waals surface area contributed by atoms with Gasteiger partial charge in [0.05, 0.1) is 0 Å². The summed E-state index contributed by atoms with van der Waals surface area (Å²) in [6.07, 6.45) is 0.184. The molecule has 1 atom stereocenters. The molecular weight excluding hydrogens is 312 g/mol. The summed E-state index contributed by atoms with van der Waals surface area (Å²) in [4.78, 5) is 24.8. The van der Waals surface area contributed by atoms with Crippen LogP contribution >= 0.6 is 11.3 Å². The molecule has 0 radical (unpaired) electrons. The van der Waals surface area contributed by atoms with Gasteiger partial charge in [-0.05, 0) is 30.4 Å². The number of carbonyl (C=O) groups is 2. The van der Waals surface area contributed by atoms with Gasteiger partial charge in [-0.25, -0.2) is 4.79 Å². The minimum atomic E-state index is -0.637. The van der Waals surface area contributed by atoms with E-state index >= 15 is 0 Å². The third kappa shape index (κ3) is 6.12. The summed E-state index contributed by atoms with van der Waals surface area (Å²) in [5, 5.41) is 7.32. The third-order valence-electron chi connectivity index (χ3n) is 3.19. The first-order valence-electron chi connectivity index (χ1n) is 7.42. The van der Waals surface area contributed by atoms with E-state index in [1.54, 1.807) is 18.3 Å². The number of ether oxygens (including phenoxy) is 1. The van der Waals surface area contributed by atoms with Crippen LogP contribution in [0.1, 0.15) is 17.4 Å². The molecule has 5 nitrogen and oxygen atoms in total. The second kappa shape index (κ2) is 8.95. The van der Waals surface area contributed by atoms with Gasteiger partial charge in [0.15, 0.2) is 0 Å². The Kier molecular flexibility index (Phi) is 6.62. The van der Waals surface area contributed by atoms with Gasteiger partial charge in [0, 0.05) is 11.4 Å². The summed E-state index contributed by atoms with van der Waals surface area (Å²) in [5.41, 5.74) is 0.899. The summed E-state index contributed by atoms with van der Waals surface area (Å²) >= 11 is 1.66. The summed E-state index contributed by atoms with van der Waals surface area (Å²) in [6.45, 7) is 2.36. The van der Waals surface area contributed by atoms with E-state index in [2.05, 4.69) is 10.6 Å². The fourth-order valence-electron chi connectivity index (χ4n) is 1.92. The zero-order chi connectivity index (χ0) is 16.5. The highest BCUT2D eigenvalue weighted by atomic mass is 32.1. The molecule has 23 heavy (non-hydrogen) atoms. The Morgan fingerprint density at radius 2 is 1.96 bits per heavy atom. The minimum Gasteiger partial charge on any atom is -0.445 e. The minimum absolute atomic E-state index is 0.180. The molecule has 0 saturated carbocycles. The molecule has 0 spiro atoms. The molecule has 6 heteroatoms. The van der Waals surface area contributed by atoms with Gasteiger partial charge in [0.1, 0.15) is 12.6 Å². The van der Waals surface area contributed by atoms with Gasteiger partial charge >= 0.3 is 6.09 Å². The maximum absolute atomic E-state index is 11.9. The molecule has 0 bridgehead atoms. The van der Waals surface area contributed by atoms with Crippen LogP contribution in [0.15, 0.2) is 47.8 Å². The quantitative estimate of drug-likeness (QED) is 0.819. The number of carbonyl (C=O) groups excluding carboxylic acids is 2. The first kappa shape index (κ1) is 17.0. The monoisotopic (exact) mass is 332 g/mol. The fraction of sp³-hybridized carbons (Fsp3) is 0.294. The molecule has 0 saturated heterocycles. The molecule has 0 aliphatic rings. The van der Waals surface area contributed by atoms with E-state index in [0.29, 0.717) is 6.54 Å². The highest BCUT2D eigenvalue weighted by Crippen LogP contribution is 2.08. The highest BCUT2D eigenvalue weighted by molar-refractivity contribution is 7.09. The van der Waals surface area contributed by atoms with Crippen LogP contribution in [0.25, 0.3) is 0 Å². The second-order valence-electron chi connectivity index (χ2n) is 5.05. The van der Waals surface area contributed by atoms with Crippen LogP contribution in [0.4, 0.5) is 4.79 Å². The molecule has 1 aromatic heterocycles. The molecule has 1 aromatic carbocycles. The zero-order valence-electron chi connectivity index (χ0n) is 13.0. The predicted octanol–water partition coefficient (Wildman–Crippen LogP) is 2.72. The second-order valence-corrected chi connectivity index (χ2v) is 6.08. The van der Waals surface area contributed by atoms with Crippen molar-refractivity contribution in [2.75, 3.05) is 6.54 Å². The van der Waals surface area contributed by atoms with Gasteiger partial charge in [-0.15, -0.1) is 11.3 Å². The molecule has 0 fully saturated rings. The molecule has 2 N–H and O–H groups in total. The third-order valence-corrected chi connectivity index (χ3v) is 4.13. The van der Waals surface area contributed by atoms with Crippen LogP contribution in [-0.2, 0) is 22.6 Å². The van der Waals surface area contributed by atoms with Crippen LogP contribution in [0.2, 0.25) is 0 Å². The number of benzene rings is 1. The molecular formula is C17H20N2O3S. The first-order valence-corrected chi connectivity index (χ1v) is 8.30. The van der Waals surface area contributed by atoms with Gasteiger partial charge < -0.3 is 15.4 Å². The van der Waals surface area contributed by atoms with Gasteiger partial charge in [0.25, 0.3) is 0 Å². The predicted molar refractivity (Wildman–Crippen MR) is 90.3 cm³/mol. The van der Waals surface area contributed by atoms with E-state index in [9.17, 15) is 9.59 Å². The number of alkyl carbamates (subject to hydrolysis) is 1. The van der Waals surface area contributed by atoms with Crippen molar-refractivity contribution in [3.63, 3.8) is 0 Å². The molecule has 122 valence electrons. The normalized spacial score (nSPS) is 11.5. The van der Waals surface area contributed by atoms with Gasteiger partial charge in [-0.3, -0.25) is 4.79 Å². The van der Waals surface area contributed by atoms with E-state index in [4.69, 9.17) is 4.74 Å². The van der Waals surface area contributed by atoms with Crippen LogP contribution in [0.5, 0.6) is 0 Å². The van der Waals surface area contributed by atoms with E-state index in [1.807, 2.05) is 47.8 Å². The highest BCUT2D eigenvalue weighted by Gasteiger charge is 2.15. The maximum Gasteiger partial charge on any atom is 0.408 e. The van der Waals surface area contributed by atoms with E-state index in [0.717, 1.165) is 12.0 Å². The van der Waals surface area contributed by atoms with Crippen LogP contribution in [0, 0.1) is 0 Å². The SMILES string of the molecule is C[C@H](NC(=O)OCc1ccccc1)C(=O)NCCc1cccs1. The Hall–Kier alpha value is -2.34. The number of thiophene rings is 1. The average Bonchev–Trinajstić information content (AvgIpc) is 3.07. The summed E-state index contributed by atoms with van der Waals surface area (Å²) in [6, 6.07) is 12.8. The van der Waals surface area contributed by atoms with Gasteiger partial charge in [-0.2, -0.15) is 0 Å². The first-order chi connectivity index (χ1) is 11.1. The molecule has 0 aliphatic heterocycles. The standard InChI is InChI=1S/C17H20N2O3S/c1-13(16(20)18-10-9-15-8-5-11-23-15)19-17(21)22-12-14-6-3-2-4-7-14/h2-8,11,13H,9-10,12H2,1H3,(H,18,20)(H,19,21)/t13-/m0/s1. The van der Waals surface area contributed by atoms with Crippen molar-refractivity contribution < 1.29 is 14.3 Å².